The molecular formula is C12H20N4. The highest BCUT2D eigenvalue weighted by Crippen LogP contribution is 2.38. The van der Waals surface area contributed by atoms with E-state index < -0.39 is 0 Å². The highest BCUT2D eigenvalue weighted by atomic mass is 15.1. The van der Waals surface area contributed by atoms with E-state index in [9.17, 15) is 0 Å². The number of anilines is 2. The van der Waals surface area contributed by atoms with Gasteiger partial charge in [-0.2, -0.15) is 4.98 Å². The Morgan fingerprint density at radius 3 is 2.88 bits per heavy atom. The van der Waals surface area contributed by atoms with Gasteiger partial charge in [0.25, 0.3) is 0 Å². The molecule has 0 radical (unpaired) electrons. The molecule has 0 aromatic carbocycles. The molecule has 0 amide bonds. The molecule has 0 saturated heterocycles. The first-order valence-electron chi connectivity index (χ1n) is 5.89. The third-order valence-corrected chi connectivity index (χ3v) is 3.46. The molecule has 0 spiro atoms. The number of nitrogens with one attached hydrogen (secondary N) is 2. The van der Waals surface area contributed by atoms with Crippen LogP contribution >= 0.6 is 0 Å². The van der Waals surface area contributed by atoms with E-state index in [0.717, 1.165) is 5.82 Å². The van der Waals surface area contributed by atoms with Crippen LogP contribution in [0, 0.1) is 5.41 Å². The topological polar surface area (TPSA) is 49.8 Å². The molecule has 1 aromatic heterocycles. The summed E-state index contributed by atoms with van der Waals surface area (Å²) in [7, 11) is 1.83. The zero-order valence-electron chi connectivity index (χ0n) is 10.2. The number of hydrogen-bond acceptors (Lipinski definition) is 4. The summed E-state index contributed by atoms with van der Waals surface area (Å²) in [5.41, 5.74) is 0.366. The summed E-state index contributed by atoms with van der Waals surface area (Å²) in [6.07, 6.45) is 5.60. The SMILES string of the molecule is CNc1nccc(NC2CCCC2(C)C)n1. The van der Waals surface area contributed by atoms with Crippen molar-refractivity contribution in [1.29, 1.82) is 0 Å². The molecule has 0 aliphatic heterocycles. The second kappa shape index (κ2) is 4.28. The highest BCUT2D eigenvalue weighted by Gasteiger charge is 2.34. The van der Waals surface area contributed by atoms with Crippen molar-refractivity contribution < 1.29 is 0 Å². The first kappa shape index (κ1) is 11.2. The first-order valence-corrected chi connectivity index (χ1v) is 5.89. The van der Waals surface area contributed by atoms with Gasteiger partial charge in [0.1, 0.15) is 5.82 Å². The van der Waals surface area contributed by atoms with Gasteiger partial charge in [0.15, 0.2) is 0 Å². The van der Waals surface area contributed by atoms with Gasteiger partial charge in [-0.15, -0.1) is 0 Å². The second-order valence-electron chi connectivity index (χ2n) is 5.09. The predicted octanol–water partition coefficient (Wildman–Crippen LogP) is 2.51. The summed E-state index contributed by atoms with van der Waals surface area (Å²) in [6.45, 7) is 4.63. The van der Waals surface area contributed by atoms with Crippen molar-refractivity contribution in [2.75, 3.05) is 17.7 Å². The zero-order chi connectivity index (χ0) is 11.6. The van der Waals surface area contributed by atoms with Gasteiger partial charge in [-0.05, 0) is 24.3 Å². The van der Waals surface area contributed by atoms with Crippen molar-refractivity contribution >= 4 is 11.8 Å². The molecule has 2 rings (SSSR count). The summed E-state index contributed by atoms with van der Waals surface area (Å²) in [5.74, 6) is 1.58. The maximum atomic E-state index is 4.39. The molecular weight excluding hydrogens is 200 g/mol. The first-order chi connectivity index (χ1) is 7.62. The van der Waals surface area contributed by atoms with E-state index in [1.54, 1.807) is 6.20 Å². The molecule has 1 aliphatic carbocycles. The van der Waals surface area contributed by atoms with Gasteiger partial charge in [-0.3, -0.25) is 0 Å². The lowest BCUT2D eigenvalue weighted by Crippen LogP contribution is -2.31. The van der Waals surface area contributed by atoms with E-state index in [1.807, 2.05) is 13.1 Å². The van der Waals surface area contributed by atoms with Crippen LogP contribution in [0.4, 0.5) is 11.8 Å². The third kappa shape index (κ3) is 2.26. The Balaban J connectivity index is 2.08. The number of hydrogen-bond donors (Lipinski definition) is 2. The highest BCUT2D eigenvalue weighted by molar-refractivity contribution is 5.40. The van der Waals surface area contributed by atoms with Gasteiger partial charge in [-0.25, -0.2) is 4.98 Å². The summed E-state index contributed by atoms with van der Waals surface area (Å²) in [6, 6.07) is 2.45. The monoisotopic (exact) mass is 220 g/mol. The summed E-state index contributed by atoms with van der Waals surface area (Å²) in [4.78, 5) is 8.49. The molecule has 2 N–H and O–H groups in total. The molecule has 16 heavy (non-hydrogen) atoms. The average Bonchev–Trinajstić information content (AvgIpc) is 2.59. The van der Waals surface area contributed by atoms with Crippen LogP contribution in [0.25, 0.3) is 0 Å². The zero-order valence-corrected chi connectivity index (χ0v) is 10.2. The van der Waals surface area contributed by atoms with E-state index in [0.29, 0.717) is 17.4 Å². The Labute approximate surface area is 96.9 Å². The molecule has 1 saturated carbocycles. The third-order valence-electron chi connectivity index (χ3n) is 3.46. The molecule has 1 aliphatic rings. The maximum absolute atomic E-state index is 4.39. The van der Waals surface area contributed by atoms with Crippen LogP contribution in [-0.4, -0.2) is 23.1 Å². The summed E-state index contributed by atoms with van der Waals surface area (Å²) < 4.78 is 0. The van der Waals surface area contributed by atoms with Crippen LogP contribution in [0.3, 0.4) is 0 Å². The quantitative estimate of drug-likeness (QED) is 0.821. The summed E-state index contributed by atoms with van der Waals surface area (Å²) >= 11 is 0. The van der Waals surface area contributed by atoms with E-state index >= 15 is 0 Å². The van der Waals surface area contributed by atoms with Gasteiger partial charge in [0.05, 0.1) is 0 Å². The lowest BCUT2D eigenvalue weighted by molar-refractivity contribution is 0.349. The van der Waals surface area contributed by atoms with Crippen molar-refractivity contribution in [1.82, 2.24) is 9.97 Å². The molecule has 0 bridgehead atoms. The van der Waals surface area contributed by atoms with E-state index in [2.05, 4.69) is 34.4 Å². The second-order valence-corrected chi connectivity index (χ2v) is 5.09. The van der Waals surface area contributed by atoms with Crippen molar-refractivity contribution in [3.05, 3.63) is 12.3 Å². The summed E-state index contributed by atoms with van der Waals surface area (Å²) in [5, 5.41) is 6.47. The standard InChI is InChI=1S/C12H20N4/c1-12(2)7-4-5-9(12)15-10-6-8-14-11(13-3)16-10/h6,8-9H,4-5,7H2,1-3H3,(H2,13,14,15,16). The molecule has 1 unspecified atom stereocenters. The van der Waals surface area contributed by atoms with Crippen LogP contribution < -0.4 is 10.6 Å². The van der Waals surface area contributed by atoms with E-state index in [4.69, 9.17) is 0 Å². The average molecular weight is 220 g/mol. The maximum Gasteiger partial charge on any atom is 0.224 e. The van der Waals surface area contributed by atoms with Crippen molar-refractivity contribution in [2.24, 2.45) is 5.41 Å². The lowest BCUT2D eigenvalue weighted by atomic mass is 9.87. The van der Waals surface area contributed by atoms with Crippen molar-refractivity contribution in [3.8, 4) is 0 Å². The fourth-order valence-electron chi connectivity index (χ4n) is 2.33. The molecule has 1 aromatic rings. The number of nitrogens with zero attached hydrogens (tertiary/aromatic N) is 2. The number of rotatable bonds is 3. The fourth-order valence-corrected chi connectivity index (χ4v) is 2.33. The molecule has 4 nitrogen and oxygen atoms in total. The van der Waals surface area contributed by atoms with Crippen LogP contribution in [0.1, 0.15) is 33.1 Å². The van der Waals surface area contributed by atoms with Gasteiger partial charge in [0, 0.05) is 19.3 Å². The molecule has 1 fully saturated rings. The van der Waals surface area contributed by atoms with Gasteiger partial charge in [0.2, 0.25) is 5.95 Å². The Hall–Kier alpha value is -1.32. The van der Waals surface area contributed by atoms with Crippen LogP contribution in [-0.2, 0) is 0 Å². The Morgan fingerprint density at radius 1 is 1.44 bits per heavy atom. The van der Waals surface area contributed by atoms with Crippen LogP contribution in [0.15, 0.2) is 12.3 Å². The van der Waals surface area contributed by atoms with E-state index in [1.165, 1.54) is 19.3 Å². The minimum absolute atomic E-state index is 0.366. The molecule has 1 heterocycles. The Morgan fingerprint density at radius 2 is 2.25 bits per heavy atom. The van der Waals surface area contributed by atoms with Crippen LogP contribution in [0.2, 0.25) is 0 Å². The fraction of sp³-hybridized carbons (Fsp3) is 0.667. The van der Waals surface area contributed by atoms with Crippen LogP contribution in [0.5, 0.6) is 0 Å². The molecule has 1 atom stereocenters. The predicted molar refractivity (Wildman–Crippen MR) is 66.6 cm³/mol. The van der Waals surface area contributed by atoms with Gasteiger partial charge in [-0.1, -0.05) is 20.3 Å². The Bertz CT molecular complexity index is 362. The normalized spacial score (nSPS) is 23.1. The smallest absolute Gasteiger partial charge is 0.224 e. The van der Waals surface area contributed by atoms with Crippen molar-refractivity contribution in [3.63, 3.8) is 0 Å². The lowest BCUT2D eigenvalue weighted by Gasteiger charge is -2.28. The largest absolute Gasteiger partial charge is 0.367 e. The van der Waals surface area contributed by atoms with Gasteiger partial charge < -0.3 is 10.6 Å². The molecule has 88 valence electrons. The molecule has 4 heteroatoms. The Kier molecular flexibility index (Phi) is 2.99. The van der Waals surface area contributed by atoms with Gasteiger partial charge >= 0.3 is 0 Å². The van der Waals surface area contributed by atoms with Crippen molar-refractivity contribution in [2.45, 2.75) is 39.2 Å². The minimum Gasteiger partial charge on any atom is -0.367 e. The van der Waals surface area contributed by atoms with E-state index in [-0.39, 0.29) is 0 Å². The number of aromatic nitrogens is 2. The minimum atomic E-state index is 0.366.